The Morgan fingerprint density at radius 3 is 2.03 bits per heavy atom. The summed E-state index contributed by atoms with van der Waals surface area (Å²) in [4.78, 5) is 34.4. The van der Waals surface area contributed by atoms with E-state index in [1.165, 1.54) is 75.6 Å². The van der Waals surface area contributed by atoms with Crippen LogP contribution < -0.4 is 11.2 Å². The number of rotatable bonds is 3. The van der Waals surface area contributed by atoms with E-state index in [0.29, 0.717) is 31.7 Å². The normalized spacial score (nSPS) is 24.8. The lowest BCUT2D eigenvalue weighted by atomic mass is 9.71. The summed E-state index contributed by atoms with van der Waals surface area (Å²) in [6.45, 7) is 2.23. The number of carbonyl (C=O) groups is 2. The first kappa shape index (κ1) is 26.4. The summed E-state index contributed by atoms with van der Waals surface area (Å²) in [6, 6.07) is 8.38. The van der Waals surface area contributed by atoms with Crippen LogP contribution in [0.1, 0.15) is 111 Å². The Labute approximate surface area is 232 Å². The first-order valence-corrected chi connectivity index (χ1v) is 15.3. The summed E-state index contributed by atoms with van der Waals surface area (Å²) < 4.78 is 2.17. The zero-order valence-corrected chi connectivity index (χ0v) is 23.2. The second-order valence-electron chi connectivity index (χ2n) is 12.5. The molecule has 0 bridgehead atoms. The molecule has 3 N–H and O–H groups in total. The first-order chi connectivity index (χ1) is 19.0. The molecule has 2 saturated carbocycles. The van der Waals surface area contributed by atoms with Gasteiger partial charge in [-0.05, 0) is 49.8 Å². The number of nitrogens with one attached hydrogen (secondary N) is 1. The van der Waals surface area contributed by atoms with Gasteiger partial charge >= 0.3 is 0 Å². The maximum atomic E-state index is 13.3. The Morgan fingerprint density at radius 1 is 0.821 bits per heavy atom. The summed E-state index contributed by atoms with van der Waals surface area (Å²) in [7, 11) is 0. The average Bonchev–Trinajstić information content (AvgIpc) is 3.54. The highest BCUT2D eigenvalue weighted by atomic mass is 16.2. The van der Waals surface area contributed by atoms with Crippen LogP contribution in [0, 0.1) is 0 Å². The fraction of sp³-hybridized carbons (Fsp3) is 0.645. The van der Waals surface area contributed by atoms with Gasteiger partial charge < -0.3 is 21.0 Å². The van der Waals surface area contributed by atoms with E-state index >= 15 is 0 Å². The first-order valence-electron chi connectivity index (χ1n) is 15.3. The Hall–Kier alpha value is -2.87. The molecule has 2 amide bonds. The Morgan fingerprint density at radius 2 is 1.41 bits per heavy atom. The number of benzene rings is 1. The fourth-order valence-corrected chi connectivity index (χ4v) is 7.04. The number of imidazole rings is 1. The number of fused-ring (bicyclic) bond motifs is 2. The number of carbonyl (C=O) groups excluding carboxylic acids is 2. The van der Waals surface area contributed by atoms with Crippen LogP contribution in [-0.2, 0) is 10.2 Å². The van der Waals surface area contributed by atoms with Crippen LogP contribution in [0.3, 0.4) is 0 Å². The number of hydrogen-bond acceptors (Lipinski definition) is 5. The smallest absolute Gasteiger partial charge is 0.253 e. The van der Waals surface area contributed by atoms with Crippen LogP contribution in [0.2, 0.25) is 0 Å². The van der Waals surface area contributed by atoms with E-state index in [-0.39, 0.29) is 23.3 Å². The van der Waals surface area contributed by atoms with Gasteiger partial charge in [-0.15, -0.1) is 0 Å². The molecular formula is C31H44N6O2. The van der Waals surface area contributed by atoms with Gasteiger partial charge in [-0.1, -0.05) is 63.5 Å². The largest absolute Gasteiger partial charge is 0.338 e. The second-order valence-corrected chi connectivity index (χ2v) is 12.5. The lowest BCUT2D eigenvalue weighted by molar-refractivity contribution is -0.135. The van der Waals surface area contributed by atoms with Gasteiger partial charge in [0.1, 0.15) is 5.82 Å². The zero-order valence-electron chi connectivity index (χ0n) is 23.2. The SMILES string of the molecule is NC1(C(=O)N2CCN(C(=O)c3ccc(C4CC5(CCCCCCCCCC5)c5nccn5N4)cc3)CC2)CC1. The Balaban J connectivity index is 1.13. The summed E-state index contributed by atoms with van der Waals surface area (Å²) in [6.07, 6.45) is 19.6. The molecule has 8 nitrogen and oxygen atoms in total. The fourth-order valence-electron chi connectivity index (χ4n) is 7.04. The Kier molecular flexibility index (Phi) is 7.40. The molecule has 4 aliphatic rings. The van der Waals surface area contributed by atoms with Crippen LogP contribution in [-0.4, -0.2) is 63.0 Å². The highest BCUT2D eigenvalue weighted by molar-refractivity contribution is 5.94. The Bertz CT molecular complexity index is 1150. The summed E-state index contributed by atoms with van der Waals surface area (Å²) in [5, 5.41) is 0. The molecule has 0 radical (unpaired) electrons. The van der Waals surface area contributed by atoms with Crippen molar-refractivity contribution >= 4 is 11.8 Å². The molecule has 8 heteroatoms. The molecule has 2 aromatic rings. The van der Waals surface area contributed by atoms with Gasteiger partial charge in [0, 0.05) is 49.6 Å². The highest BCUT2D eigenvalue weighted by Gasteiger charge is 2.48. The van der Waals surface area contributed by atoms with Gasteiger partial charge in [-0.25, -0.2) is 4.98 Å². The predicted octanol–water partition coefficient (Wildman–Crippen LogP) is 4.50. The van der Waals surface area contributed by atoms with Crippen LogP contribution in [0.4, 0.5) is 0 Å². The van der Waals surface area contributed by atoms with Crippen LogP contribution >= 0.6 is 0 Å². The van der Waals surface area contributed by atoms with E-state index in [1.54, 1.807) is 0 Å². The van der Waals surface area contributed by atoms with E-state index in [1.807, 2.05) is 28.1 Å². The van der Waals surface area contributed by atoms with Crippen molar-refractivity contribution in [3.63, 3.8) is 0 Å². The number of nitrogens with zero attached hydrogens (tertiary/aromatic N) is 4. The minimum atomic E-state index is -0.640. The van der Waals surface area contributed by atoms with Crippen LogP contribution in [0.5, 0.6) is 0 Å². The topological polar surface area (TPSA) is 96.5 Å². The number of nitrogens with two attached hydrogens (primary N) is 1. The quantitative estimate of drug-likeness (QED) is 0.607. The summed E-state index contributed by atoms with van der Waals surface area (Å²) >= 11 is 0. The maximum Gasteiger partial charge on any atom is 0.253 e. The molecule has 39 heavy (non-hydrogen) atoms. The molecule has 3 heterocycles. The zero-order chi connectivity index (χ0) is 26.9. The van der Waals surface area contributed by atoms with Gasteiger partial charge in [0.2, 0.25) is 5.91 Å². The van der Waals surface area contributed by atoms with Gasteiger partial charge in [0.15, 0.2) is 0 Å². The van der Waals surface area contributed by atoms with Gasteiger partial charge in [0.25, 0.3) is 5.91 Å². The lowest BCUT2D eigenvalue weighted by Gasteiger charge is -2.42. The molecule has 6 rings (SSSR count). The van der Waals surface area contributed by atoms with Crippen molar-refractivity contribution in [1.29, 1.82) is 0 Å². The summed E-state index contributed by atoms with van der Waals surface area (Å²) in [5.74, 6) is 1.28. The van der Waals surface area contributed by atoms with Crippen molar-refractivity contribution in [3.05, 3.63) is 53.6 Å². The minimum absolute atomic E-state index is 0.0379. The average molecular weight is 533 g/mol. The number of hydrogen-bond donors (Lipinski definition) is 2. The molecule has 1 saturated heterocycles. The van der Waals surface area contributed by atoms with E-state index in [2.05, 4.69) is 28.4 Å². The van der Waals surface area contributed by atoms with Crippen molar-refractivity contribution in [2.24, 2.45) is 5.73 Å². The van der Waals surface area contributed by atoms with E-state index < -0.39 is 5.54 Å². The van der Waals surface area contributed by atoms with Crippen molar-refractivity contribution in [3.8, 4) is 0 Å². The third-order valence-electron chi connectivity index (χ3n) is 9.69. The number of aromatic nitrogens is 2. The van der Waals surface area contributed by atoms with Gasteiger partial charge in [-0.3, -0.25) is 14.3 Å². The van der Waals surface area contributed by atoms with Crippen LogP contribution in [0.25, 0.3) is 0 Å². The molecule has 1 spiro atoms. The summed E-state index contributed by atoms with van der Waals surface area (Å²) in [5.41, 5.74) is 11.2. The molecule has 1 atom stereocenters. The standard InChI is InChI=1S/C31H44N6O2/c32-31(15-16-31)29(39)36-21-19-35(20-22-36)27(38)25-11-9-24(10-12-25)26-23-30(28-33-17-18-37(28)34-26)13-7-5-3-1-2-4-6-8-14-30/h9-12,17-18,26,34H,1-8,13-16,19-23,32H2. The predicted molar refractivity (Wildman–Crippen MR) is 152 cm³/mol. The molecular weight excluding hydrogens is 488 g/mol. The molecule has 2 aliphatic heterocycles. The van der Waals surface area contributed by atoms with E-state index in [4.69, 9.17) is 10.7 Å². The molecule has 1 unspecified atom stereocenters. The molecule has 3 fully saturated rings. The second kappa shape index (κ2) is 11.0. The monoisotopic (exact) mass is 532 g/mol. The number of amides is 2. The van der Waals surface area contributed by atoms with Crippen molar-refractivity contribution < 1.29 is 9.59 Å². The molecule has 210 valence electrons. The van der Waals surface area contributed by atoms with Gasteiger partial charge in [-0.2, -0.15) is 0 Å². The maximum absolute atomic E-state index is 13.3. The third kappa shape index (κ3) is 5.45. The minimum Gasteiger partial charge on any atom is -0.338 e. The van der Waals surface area contributed by atoms with E-state index in [9.17, 15) is 9.59 Å². The van der Waals surface area contributed by atoms with Crippen molar-refractivity contribution in [2.75, 3.05) is 31.6 Å². The van der Waals surface area contributed by atoms with Crippen molar-refractivity contribution in [1.82, 2.24) is 19.5 Å². The molecule has 2 aliphatic carbocycles. The van der Waals surface area contributed by atoms with E-state index in [0.717, 1.165) is 19.3 Å². The van der Waals surface area contributed by atoms with Crippen molar-refractivity contribution in [2.45, 2.75) is 100 Å². The molecule has 1 aromatic carbocycles. The lowest BCUT2D eigenvalue weighted by Crippen LogP contribution is -2.55. The number of piperazine rings is 1. The molecule has 1 aromatic heterocycles. The van der Waals surface area contributed by atoms with Crippen LogP contribution in [0.15, 0.2) is 36.7 Å². The third-order valence-corrected chi connectivity index (χ3v) is 9.69. The highest BCUT2D eigenvalue weighted by Crippen LogP contribution is 2.45. The van der Waals surface area contributed by atoms with Gasteiger partial charge in [0.05, 0.1) is 11.6 Å².